The first kappa shape index (κ1) is 20.2. The number of hydrogen-bond acceptors (Lipinski definition) is 8. The molecule has 0 aliphatic rings. The van der Waals surface area contributed by atoms with Gasteiger partial charge in [0.1, 0.15) is 0 Å². The van der Waals surface area contributed by atoms with E-state index < -0.39 is 21.8 Å². The van der Waals surface area contributed by atoms with Crippen LogP contribution >= 0.6 is 0 Å². The second-order valence-electron chi connectivity index (χ2n) is 5.34. The molecule has 144 valence electrons. The summed E-state index contributed by atoms with van der Waals surface area (Å²) in [7, 11) is 2.22. The predicted molar refractivity (Wildman–Crippen MR) is 97.0 cm³/mol. The number of nitrogens with zero attached hydrogens (tertiary/aromatic N) is 2. The molecule has 0 radical (unpaired) electrons. The van der Waals surface area contributed by atoms with E-state index in [0.29, 0.717) is 0 Å². The zero-order chi connectivity index (χ0) is 20.8. The van der Waals surface area contributed by atoms with Gasteiger partial charge in [-0.05, 0) is 35.4 Å². The third kappa shape index (κ3) is 4.18. The van der Waals surface area contributed by atoms with Crippen molar-refractivity contribution in [2.24, 2.45) is 0 Å². The van der Waals surface area contributed by atoms with Crippen LogP contribution in [0.4, 0.5) is 11.4 Å². The van der Waals surface area contributed by atoms with Gasteiger partial charge in [-0.3, -0.25) is 20.2 Å². The molecule has 2 rings (SSSR count). The SMILES string of the molecule is COC(=O)/C(=C(\C(=O)OC)c1ccc([N+](=O)[O-])cc1)c1ccc([N+](=O)[O-])cc1. The molecule has 28 heavy (non-hydrogen) atoms. The van der Waals surface area contributed by atoms with Crippen molar-refractivity contribution in [1.82, 2.24) is 0 Å². The Balaban J connectivity index is 2.75. The number of nitro benzene ring substituents is 2. The molecule has 0 fully saturated rings. The van der Waals surface area contributed by atoms with E-state index in [-0.39, 0.29) is 33.6 Å². The van der Waals surface area contributed by atoms with Crippen LogP contribution in [-0.4, -0.2) is 36.0 Å². The van der Waals surface area contributed by atoms with Crippen LogP contribution in [0, 0.1) is 20.2 Å². The number of rotatable bonds is 6. The smallest absolute Gasteiger partial charge is 0.339 e. The zero-order valence-corrected chi connectivity index (χ0v) is 14.8. The van der Waals surface area contributed by atoms with Crippen molar-refractivity contribution < 1.29 is 28.9 Å². The van der Waals surface area contributed by atoms with Crippen molar-refractivity contribution in [2.45, 2.75) is 0 Å². The number of nitro groups is 2. The van der Waals surface area contributed by atoms with Crippen molar-refractivity contribution >= 4 is 34.5 Å². The number of carbonyl (C=O) groups is 2. The topological polar surface area (TPSA) is 139 Å². The zero-order valence-electron chi connectivity index (χ0n) is 14.8. The highest BCUT2D eigenvalue weighted by Gasteiger charge is 2.26. The summed E-state index contributed by atoms with van der Waals surface area (Å²) in [6.45, 7) is 0. The number of ether oxygens (including phenoxy) is 2. The van der Waals surface area contributed by atoms with E-state index in [1.54, 1.807) is 0 Å². The largest absolute Gasteiger partial charge is 0.465 e. The minimum absolute atomic E-state index is 0.177. The molecular weight excluding hydrogens is 372 g/mol. The highest BCUT2D eigenvalue weighted by atomic mass is 16.6. The summed E-state index contributed by atoms with van der Waals surface area (Å²) in [5.41, 5.74) is -0.450. The van der Waals surface area contributed by atoms with Crippen LogP contribution in [-0.2, 0) is 19.1 Å². The molecule has 2 aromatic rings. The van der Waals surface area contributed by atoms with Gasteiger partial charge in [-0.15, -0.1) is 0 Å². The summed E-state index contributed by atoms with van der Waals surface area (Å²) in [6, 6.07) is 9.84. The van der Waals surface area contributed by atoms with Crippen LogP contribution in [0.5, 0.6) is 0 Å². The summed E-state index contributed by atoms with van der Waals surface area (Å²) in [6.07, 6.45) is 0. The van der Waals surface area contributed by atoms with Crippen molar-refractivity contribution in [3.8, 4) is 0 Å². The maximum Gasteiger partial charge on any atom is 0.339 e. The fourth-order valence-corrected chi connectivity index (χ4v) is 2.43. The van der Waals surface area contributed by atoms with E-state index in [0.717, 1.165) is 14.2 Å². The first-order valence-corrected chi connectivity index (χ1v) is 7.70. The van der Waals surface area contributed by atoms with Crippen LogP contribution < -0.4 is 0 Å². The molecule has 0 unspecified atom stereocenters. The van der Waals surface area contributed by atoms with Gasteiger partial charge in [-0.25, -0.2) is 9.59 Å². The fraction of sp³-hybridized carbons (Fsp3) is 0.111. The van der Waals surface area contributed by atoms with Gasteiger partial charge < -0.3 is 9.47 Å². The van der Waals surface area contributed by atoms with Gasteiger partial charge in [0.2, 0.25) is 0 Å². The average molecular weight is 386 g/mol. The molecule has 0 heterocycles. The van der Waals surface area contributed by atoms with Gasteiger partial charge in [0, 0.05) is 24.3 Å². The lowest BCUT2D eigenvalue weighted by atomic mass is 9.94. The average Bonchev–Trinajstić information content (AvgIpc) is 2.71. The summed E-state index contributed by atoms with van der Waals surface area (Å²) in [4.78, 5) is 45.3. The molecule has 10 nitrogen and oxygen atoms in total. The van der Waals surface area contributed by atoms with E-state index in [4.69, 9.17) is 9.47 Å². The molecule has 10 heteroatoms. The number of benzene rings is 2. The second kappa shape index (κ2) is 8.54. The molecule has 0 aromatic heterocycles. The highest BCUT2D eigenvalue weighted by Crippen LogP contribution is 2.30. The third-order valence-electron chi connectivity index (χ3n) is 3.76. The molecule has 0 saturated carbocycles. The summed E-state index contributed by atoms with van der Waals surface area (Å²) in [5, 5.41) is 21.7. The minimum atomic E-state index is -0.882. The molecule has 0 spiro atoms. The van der Waals surface area contributed by atoms with Crippen LogP contribution in [0.15, 0.2) is 48.5 Å². The molecule has 2 aromatic carbocycles. The Labute approximate surface area is 158 Å². The first-order valence-electron chi connectivity index (χ1n) is 7.70. The second-order valence-corrected chi connectivity index (χ2v) is 5.34. The molecule has 0 saturated heterocycles. The lowest BCUT2D eigenvalue weighted by Gasteiger charge is -2.13. The Hall–Kier alpha value is -4.08. The van der Waals surface area contributed by atoms with E-state index in [1.807, 2.05) is 0 Å². The van der Waals surface area contributed by atoms with E-state index in [1.165, 1.54) is 48.5 Å². The highest BCUT2D eigenvalue weighted by molar-refractivity contribution is 6.37. The Bertz CT molecular complexity index is 883. The van der Waals surface area contributed by atoms with Crippen molar-refractivity contribution in [1.29, 1.82) is 0 Å². The first-order chi connectivity index (χ1) is 13.3. The van der Waals surface area contributed by atoms with Gasteiger partial charge >= 0.3 is 11.9 Å². The van der Waals surface area contributed by atoms with Gasteiger partial charge in [0.05, 0.1) is 35.2 Å². The van der Waals surface area contributed by atoms with Gasteiger partial charge in [0.15, 0.2) is 0 Å². The lowest BCUT2D eigenvalue weighted by Crippen LogP contribution is -2.13. The quantitative estimate of drug-likeness (QED) is 0.243. The number of hydrogen-bond donors (Lipinski definition) is 0. The monoisotopic (exact) mass is 386 g/mol. The minimum Gasteiger partial charge on any atom is -0.465 e. The Morgan fingerprint density at radius 2 is 0.964 bits per heavy atom. The number of esters is 2. The van der Waals surface area contributed by atoms with E-state index in [9.17, 15) is 29.8 Å². The summed E-state index contributed by atoms with van der Waals surface area (Å²) >= 11 is 0. The van der Waals surface area contributed by atoms with E-state index >= 15 is 0 Å². The number of carbonyl (C=O) groups excluding carboxylic acids is 2. The van der Waals surface area contributed by atoms with Gasteiger partial charge in [-0.1, -0.05) is 0 Å². The van der Waals surface area contributed by atoms with Gasteiger partial charge in [0.25, 0.3) is 11.4 Å². The Kier molecular flexibility index (Phi) is 6.17. The number of methoxy groups -OCH3 is 2. The molecule has 0 bridgehead atoms. The maximum absolute atomic E-state index is 12.4. The predicted octanol–water partition coefficient (Wildman–Crippen LogP) is 2.76. The van der Waals surface area contributed by atoms with Crippen LogP contribution in [0.3, 0.4) is 0 Å². The number of non-ortho nitro benzene ring substituents is 2. The Morgan fingerprint density at radius 3 is 1.18 bits per heavy atom. The van der Waals surface area contributed by atoms with Crippen LogP contribution in [0.1, 0.15) is 11.1 Å². The van der Waals surface area contributed by atoms with Crippen LogP contribution in [0.25, 0.3) is 11.1 Å². The third-order valence-corrected chi connectivity index (χ3v) is 3.76. The van der Waals surface area contributed by atoms with Crippen molar-refractivity contribution in [3.05, 3.63) is 79.9 Å². The fourth-order valence-electron chi connectivity index (χ4n) is 2.43. The van der Waals surface area contributed by atoms with Gasteiger partial charge in [-0.2, -0.15) is 0 Å². The lowest BCUT2D eigenvalue weighted by molar-refractivity contribution is -0.385. The molecule has 0 amide bonds. The van der Waals surface area contributed by atoms with E-state index in [2.05, 4.69) is 0 Å². The maximum atomic E-state index is 12.4. The molecule has 0 N–H and O–H groups in total. The molecule has 0 aliphatic heterocycles. The normalized spacial score (nSPS) is 11.2. The van der Waals surface area contributed by atoms with Crippen molar-refractivity contribution in [2.75, 3.05) is 14.2 Å². The standard InChI is InChI=1S/C18H14N2O8/c1-27-17(21)15(11-3-7-13(8-4-11)19(23)24)16(18(22)28-2)12-5-9-14(10-6-12)20(25)26/h3-10H,1-2H3/b16-15-. The van der Waals surface area contributed by atoms with Crippen molar-refractivity contribution in [3.63, 3.8) is 0 Å². The van der Waals surface area contributed by atoms with Crippen LogP contribution in [0.2, 0.25) is 0 Å². The Morgan fingerprint density at radius 1 is 0.679 bits per heavy atom. The summed E-state index contributed by atoms with van der Waals surface area (Å²) in [5.74, 6) is -1.76. The summed E-state index contributed by atoms with van der Waals surface area (Å²) < 4.78 is 9.51. The molecule has 0 atom stereocenters. The molecular formula is C18H14N2O8. The molecule has 0 aliphatic carbocycles.